The fraction of sp³-hybridized carbons (Fsp3) is 0.400. The van der Waals surface area contributed by atoms with Gasteiger partial charge in [0.15, 0.2) is 18.9 Å². The van der Waals surface area contributed by atoms with Gasteiger partial charge in [0.2, 0.25) is 0 Å². The van der Waals surface area contributed by atoms with Gasteiger partial charge in [0.25, 0.3) is 0 Å². The maximum absolute atomic E-state index is 13.4. The molecule has 0 saturated heterocycles. The molecule has 6 heteroatoms. The van der Waals surface area contributed by atoms with Gasteiger partial charge < -0.3 is 10.0 Å². The van der Waals surface area contributed by atoms with Crippen molar-refractivity contribution in [2.45, 2.75) is 26.1 Å². The smallest absolute Gasteiger partial charge is 0.423 e. The second kappa shape index (κ2) is 4.55. The molecule has 85 valence electrons. The summed E-state index contributed by atoms with van der Waals surface area (Å²) in [4.78, 5) is 0. The highest BCUT2D eigenvalue weighted by Gasteiger charge is 2.22. The summed E-state index contributed by atoms with van der Waals surface area (Å²) in [6.07, 6.45) is 0. The van der Waals surface area contributed by atoms with E-state index in [9.17, 15) is 8.78 Å². The quantitative estimate of drug-likeness (QED) is 0.705. The summed E-state index contributed by atoms with van der Waals surface area (Å²) in [5, 5.41) is 17.5. The Labute approximate surface area is 94.7 Å². The van der Waals surface area contributed by atoms with Crippen LogP contribution in [0.5, 0.6) is 0 Å². The topological polar surface area (TPSA) is 40.5 Å². The van der Waals surface area contributed by atoms with Crippen molar-refractivity contribution in [2.75, 3.05) is 0 Å². The molecule has 1 aromatic carbocycles. The predicted molar refractivity (Wildman–Crippen MR) is 61.3 cm³/mol. The number of halogens is 2. The first kappa shape index (κ1) is 13.2. The van der Waals surface area contributed by atoms with E-state index >= 15 is 0 Å². The van der Waals surface area contributed by atoms with Gasteiger partial charge in [-0.15, -0.1) is 0 Å². The largest absolute Gasteiger partial charge is 0.488 e. The molecule has 0 aromatic heterocycles. The molecule has 1 rings (SSSR count). The van der Waals surface area contributed by atoms with Crippen molar-refractivity contribution in [1.82, 2.24) is 0 Å². The molecule has 0 aliphatic carbocycles. The second-order valence-corrected chi connectivity index (χ2v) is 4.79. The average molecular weight is 225 g/mol. The van der Waals surface area contributed by atoms with Gasteiger partial charge in [-0.25, -0.2) is 8.78 Å². The highest BCUT2D eigenvalue weighted by atomic mass is 19.2. The summed E-state index contributed by atoms with van der Waals surface area (Å²) in [6.45, 7) is 5.52. The molecule has 0 aliphatic rings. The molecular weight excluding hydrogens is 212 g/mol. The Kier molecular flexibility index (Phi) is 3.76. The Balaban J connectivity index is 3.17. The van der Waals surface area contributed by atoms with Crippen LogP contribution in [0.25, 0.3) is 0 Å². The minimum absolute atomic E-state index is 0.0376. The van der Waals surface area contributed by atoms with E-state index in [1.54, 1.807) is 0 Å². The van der Waals surface area contributed by atoms with Gasteiger partial charge in [0.1, 0.15) is 0 Å². The zero-order valence-corrected chi connectivity index (χ0v) is 9.46. The van der Waals surface area contributed by atoms with Crippen LogP contribution in [0.3, 0.4) is 0 Å². The molecule has 0 aliphatic heterocycles. The Morgan fingerprint density at radius 1 is 1.19 bits per heavy atom. The molecule has 1 aromatic rings. The van der Waals surface area contributed by atoms with Crippen molar-refractivity contribution < 1.29 is 18.8 Å². The Bertz CT molecular complexity index is 389. The minimum Gasteiger partial charge on any atom is -0.423 e. The van der Waals surface area contributed by atoms with Crippen LogP contribution >= 0.6 is 0 Å². The molecule has 0 saturated carbocycles. The number of benzene rings is 1. The first-order chi connectivity index (χ1) is 7.20. The van der Waals surface area contributed by atoms with E-state index in [0.29, 0.717) is 0 Å². The lowest BCUT2D eigenvalue weighted by atomic mass is 9.50. The van der Waals surface area contributed by atoms with E-state index in [-0.39, 0.29) is 16.2 Å². The lowest BCUT2D eigenvalue weighted by Gasteiger charge is -2.18. The SMILES string of the molecule is CC(C)(C)[B]c1cc(B(O)O)cc(F)c1F. The van der Waals surface area contributed by atoms with E-state index in [4.69, 9.17) is 10.0 Å². The van der Waals surface area contributed by atoms with Crippen LogP contribution in [0.15, 0.2) is 12.1 Å². The van der Waals surface area contributed by atoms with E-state index in [1.807, 2.05) is 20.8 Å². The third-order valence-electron chi connectivity index (χ3n) is 1.97. The van der Waals surface area contributed by atoms with E-state index in [1.165, 1.54) is 13.3 Å². The second-order valence-electron chi connectivity index (χ2n) is 4.79. The van der Waals surface area contributed by atoms with Crippen LogP contribution in [-0.2, 0) is 0 Å². The maximum Gasteiger partial charge on any atom is 0.488 e. The van der Waals surface area contributed by atoms with Crippen LogP contribution in [0.1, 0.15) is 20.8 Å². The highest BCUT2D eigenvalue weighted by Crippen LogP contribution is 2.20. The fourth-order valence-corrected chi connectivity index (χ4v) is 1.35. The van der Waals surface area contributed by atoms with Gasteiger partial charge in [-0.3, -0.25) is 0 Å². The van der Waals surface area contributed by atoms with E-state index < -0.39 is 18.8 Å². The third-order valence-corrected chi connectivity index (χ3v) is 1.97. The first-order valence-corrected chi connectivity index (χ1v) is 4.92. The van der Waals surface area contributed by atoms with Gasteiger partial charge in [-0.2, -0.15) is 0 Å². The van der Waals surface area contributed by atoms with Gasteiger partial charge in [-0.05, 0) is 17.0 Å². The lowest BCUT2D eigenvalue weighted by Crippen LogP contribution is -2.37. The summed E-state index contributed by atoms with van der Waals surface area (Å²) < 4.78 is 26.6. The monoisotopic (exact) mass is 225 g/mol. The molecule has 0 heterocycles. The fourth-order valence-electron chi connectivity index (χ4n) is 1.35. The summed E-state index contributed by atoms with van der Waals surface area (Å²) >= 11 is 0. The van der Waals surface area contributed by atoms with Crippen molar-refractivity contribution in [1.29, 1.82) is 0 Å². The molecule has 0 bridgehead atoms. The van der Waals surface area contributed by atoms with Crippen molar-refractivity contribution in [3.63, 3.8) is 0 Å². The highest BCUT2D eigenvalue weighted by molar-refractivity contribution is 6.61. The normalized spacial score (nSPS) is 11.4. The predicted octanol–water partition coefficient (Wildman–Crippen LogP) is 0.193. The number of hydrogen-bond donors (Lipinski definition) is 2. The molecule has 2 nitrogen and oxygen atoms in total. The third kappa shape index (κ3) is 3.32. The Morgan fingerprint density at radius 3 is 2.19 bits per heavy atom. The van der Waals surface area contributed by atoms with E-state index in [0.717, 1.165) is 6.07 Å². The summed E-state index contributed by atoms with van der Waals surface area (Å²) in [6, 6.07) is 2.01. The van der Waals surface area contributed by atoms with Gasteiger partial charge in [-0.1, -0.05) is 32.2 Å². The van der Waals surface area contributed by atoms with Crippen LogP contribution in [0.2, 0.25) is 5.31 Å². The molecular formula is C10H13B2F2O2. The maximum atomic E-state index is 13.4. The van der Waals surface area contributed by atoms with Crippen molar-refractivity contribution in [2.24, 2.45) is 0 Å². The van der Waals surface area contributed by atoms with Crippen LogP contribution in [-0.4, -0.2) is 24.4 Å². The van der Waals surface area contributed by atoms with Crippen molar-refractivity contribution in [3.8, 4) is 0 Å². The van der Waals surface area contributed by atoms with Gasteiger partial charge in [0, 0.05) is 0 Å². The Hall–Kier alpha value is -0.870. The number of rotatable bonds is 2. The first-order valence-electron chi connectivity index (χ1n) is 4.92. The summed E-state index contributed by atoms with van der Waals surface area (Å²) in [7, 11) is -0.265. The number of hydrogen-bond acceptors (Lipinski definition) is 2. The average Bonchev–Trinajstić information content (AvgIpc) is 2.10. The molecule has 0 amide bonds. The van der Waals surface area contributed by atoms with Crippen molar-refractivity contribution in [3.05, 3.63) is 23.8 Å². The lowest BCUT2D eigenvalue weighted by molar-refractivity contribution is 0.425. The molecule has 0 fully saturated rings. The standard InChI is InChI=1S/C10H13B2F2O2/c1-10(2,3)11-7-4-6(12(15)16)5-8(13)9(7)14/h4-5,15-16H,1-3H3. The summed E-state index contributed by atoms with van der Waals surface area (Å²) in [5.41, 5.74) is -0.0231. The molecule has 1 radical (unpaired) electrons. The molecule has 2 N–H and O–H groups in total. The molecule has 0 atom stereocenters. The Morgan fingerprint density at radius 2 is 1.75 bits per heavy atom. The van der Waals surface area contributed by atoms with Crippen molar-refractivity contribution >= 4 is 25.3 Å². The van der Waals surface area contributed by atoms with Crippen LogP contribution in [0.4, 0.5) is 8.78 Å². The molecule has 16 heavy (non-hydrogen) atoms. The van der Waals surface area contributed by atoms with Crippen LogP contribution < -0.4 is 10.9 Å². The zero-order chi connectivity index (χ0) is 12.5. The molecule has 0 unspecified atom stereocenters. The minimum atomic E-state index is -1.80. The summed E-state index contributed by atoms with van der Waals surface area (Å²) in [5.74, 6) is -2.06. The van der Waals surface area contributed by atoms with Gasteiger partial charge >= 0.3 is 7.12 Å². The zero-order valence-electron chi connectivity index (χ0n) is 9.46. The van der Waals surface area contributed by atoms with Crippen LogP contribution in [0, 0.1) is 11.6 Å². The molecule has 0 spiro atoms. The van der Waals surface area contributed by atoms with Gasteiger partial charge in [0.05, 0.1) is 0 Å². The van der Waals surface area contributed by atoms with E-state index in [2.05, 4.69) is 0 Å².